The molecule has 5 nitrogen and oxygen atoms in total. The first-order valence-electron chi connectivity index (χ1n) is 6.14. The summed E-state index contributed by atoms with van der Waals surface area (Å²) in [6.45, 7) is 2.96. The Hall–Kier alpha value is -1.40. The van der Waals surface area contributed by atoms with Gasteiger partial charge in [0, 0.05) is 31.0 Å². The number of benzene rings is 1. The Kier molecular flexibility index (Phi) is 3.64. The van der Waals surface area contributed by atoms with Gasteiger partial charge in [0.15, 0.2) is 9.84 Å². The monoisotopic (exact) mass is 282 g/mol. The number of carbonyl (C=O) groups excluding carboxylic acids is 1. The highest BCUT2D eigenvalue weighted by atomic mass is 32.2. The molecule has 1 atom stereocenters. The first-order valence-corrected chi connectivity index (χ1v) is 8.04. The molecule has 2 rings (SSSR count). The molecule has 1 unspecified atom stereocenters. The van der Waals surface area contributed by atoms with E-state index in [1.54, 1.807) is 17.9 Å². The van der Waals surface area contributed by atoms with Gasteiger partial charge in [0.05, 0.1) is 4.90 Å². The molecule has 6 heteroatoms. The molecule has 19 heavy (non-hydrogen) atoms. The molecule has 1 amide bonds. The highest BCUT2D eigenvalue weighted by Gasteiger charge is 2.26. The average molecular weight is 282 g/mol. The first-order chi connectivity index (χ1) is 8.79. The molecule has 0 aliphatic carbocycles. The molecule has 1 aliphatic heterocycles. The number of amides is 1. The van der Waals surface area contributed by atoms with E-state index in [1.165, 1.54) is 12.1 Å². The number of hydrogen-bond acceptors (Lipinski definition) is 4. The van der Waals surface area contributed by atoms with Gasteiger partial charge in [0.1, 0.15) is 0 Å². The summed E-state index contributed by atoms with van der Waals surface area (Å²) in [6, 6.07) is 4.66. The highest BCUT2D eigenvalue weighted by molar-refractivity contribution is 7.90. The molecule has 0 saturated carbocycles. The van der Waals surface area contributed by atoms with Gasteiger partial charge in [-0.3, -0.25) is 4.79 Å². The van der Waals surface area contributed by atoms with Gasteiger partial charge < -0.3 is 10.6 Å². The molecule has 1 heterocycles. The number of nitrogens with zero attached hydrogens (tertiary/aromatic N) is 1. The Labute approximate surface area is 113 Å². The standard InChI is InChI=1S/C13H18N2O3S/c1-9-3-4-11(19(2,17)18)7-12(9)13(16)15-6-5-10(14)8-15/h3-4,7,10H,5-6,8,14H2,1-2H3. The number of sulfone groups is 1. The summed E-state index contributed by atoms with van der Waals surface area (Å²) in [5, 5.41) is 0. The van der Waals surface area contributed by atoms with Gasteiger partial charge in [0.2, 0.25) is 0 Å². The van der Waals surface area contributed by atoms with Gasteiger partial charge in [-0.25, -0.2) is 8.42 Å². The number of nitrogens with two attached hydrogens (primary N) is 1. The Bertz CT molecular complexity index is 610. The van der Waals surface area contributed by atoms with Crippen molar-refractivity contribution in [2.45, 2.75) is 24.3 Å². The minimum Gasteiger partial charge on any atom is -0.337 e. The van der Waals surface area contributed by atoms with Crippen molar-refractivity contribution in [3.63, 3.8) is 0 Å². The lowest BCUT2D eigenvalue weighted by molar-refractivity contribution is 0.0790. The van der Waals surface area contributed by atoms with Crippen LogP contribution < -0.4 is 5.73 Å². The van der Waals surface area contributed by atoms with E-state index in [-0.39, 0.29) is 16.8 Å². The van der Waals surface area contributed by atoms with E-state index in [4.69, 9.17) is 5.73 Å². The fourth-order valence-corrected chi connectivity index (χ4v) is 2.85. The maximum atomic E-state index is 12.4. The van der Waals surface area contributed by atoms with E-state index >= 15 is 0 Å². The van der Waals surface area contributed by atoms with Gasteiger partial charge in [-0.05, 0) is 31.0 Å². The third-order valence-corrected chi connectivity index (χ3v) is 4.49. The molecule has 0 aromatic heterocycles. The molecule has 0 radical (unpaired) electrons. The third-order valence-electron chi connectivity index (χ3n) is 3.38. The van der Waals surface area contributed by atoms with Crippen LogP contribution in [0.4, 0.5) is 0 Å². The van der Waals surface area contributed by atoms with Crippen LogP contribution in [-0.2, 0) is 9.84 Å². The predicted molar refractivity (Wildman–Crippen MR) is 72.8 cm³/mol. The molecule has 1 aromatic carbocycles. The number of rotatable bonds is 2. The summed E-state index contributed by atoms with van der Waals surface area (Å²) in [7, 11) is -3.31. The van der Waals surface area contributed by atoms with Crippen LogP contribution in [0.3, 0.4) is 0 Å². The second kappa shape index (κ2) is 4.94. The summed E-state index contributed by atoms with van der Waals surface area (Å²) in [4.78, 5) is 14.2. The quantitative estimate of drug-likeness (QED) is 0.860. The maximum Gasteiger partial charge on any atom is 0.254 e. The van der Waals surface area contributed by atoms with Crippen molar-refractivity contribution in [2.75, 3.05) is 19.3 Å². The van der Waals surface area contributed by atoms with Crippen LogP contribution >= 0.6 is 0 Å². The van der Waals surface area contributed by atoms with Gasteiger partial charge >= 0.3 is 0 Å². The number of carbonyl (C=O) groups is 1. The van der Waals surface area contributed by atoms with E-state index in [1.807, 2.05) is 0 Å². The van der Waals surface area contributed by atoms with Gasteiger partial charge in [-0.1, -0.05) is 6.07 Å². The summed E-state index contributed by atoms with van der Waals surface area (Å²) < 4.78 is 23.1. The molecule has 1 fully saturated rings. The molecular formula is C13H18N2O3S. The molecule has 0 spiro atoms. The molecule has 1 saturated heterocycles. The fraction of sp³-hybridized carbons (Fsp3) is 0.462. The number of aryl methyl sites for hydroxylation is 1. The SMILES string of the molecule is Cc1ccc(S(C)(=O)=O)cc1C(=O)N1CCC(N)C1. The normalized spacial score (nSPS) is 19.7. The summed E-state index contributed by atoms with van der Waals surface area (Å²) in [5.41, 5.74) is 7.01. The van der Waals surface area contributed by atoms with Crippen molar-refractivity contribution < 1.29 is 13.2 Å². The maximum absolute atomic E-state index is 12.4. The molecule has 1 aliphatic rings. The van der Waals surface area contributed by atoms with Crippen LogP contribution in [0, 0.1) is 6.92 Å². The van der Waals surface area contributed by atoms with Crippen LogP contribution in [-0.4, -0.2) is 44.6 Å². The Balaban J connectivity index is 2.36. The Morgan fingerprint density at radius 3 is 2.63 bits per heavy atom. The number of hydrogen-bond donors (Lipinski definition) is 1. The smallest absolute Gasteiger partial charge is 0.254 e. The third kappa shape index (κ3) is 2.96. The average Bonchev–Trinajstić information content (AvgIpc) is 2.74. The largest absolute Gasteiger partial charge is 0.337 e. The highest BCUT2D eigenvalue weighted by Crippen LogP contribution is 2.19. The van der Waals surface area contributed by atoms with Crippen LogP contribution in [0.1, 0.15) is 22.3 Å². The number of likely N-dealkylation sites (tertiary alicyclic amines) is 1. The van der Waals surface area contributed by atoms with E-state index in [2.05, 4.69) is 0 Å². The minimum atomic E-state index is -3.31. The second-order valence-electron chi connectivity index (χ2n) is 5.05. The minimum absolute atomic E-state index is 0.0161. The zero-order valence-electron chi connectivity index (χ0n) is 11.1. The van der Waals surface area contributed by atoms with E-state index in [0.29, 0.717) is 18.7 Å². The van der Waals surface area contributed by atoms with Crippen molar-refractivity contribution in [1.29, 1.82) is 0 Å². The zero-order chi connectivity index (χ0) is 14.2. The molecule has 0 bridgehead atoms. The van der Waals surface area contributed by atoms with Crippen LogP contribution in [0.15, 0.2) is 23.1 Å². The van der Waals surface area contributed by atoms with E-state index in [9.17, 15) is 13.2 Å². The predicted octanol–water partition coefficient (Wildman–Crippen LogP) is 0.572. The lowest BCUT2D eigenvalue weighted by atomic mass is 10.1. The second-order valence-corrected chi connectivity index (χ2v) is 7.06. The Morgan fingerprint density at radius 1 is 1.42 bits per heavy atom. The topological polar surface area (TPSA) is 80.5 Å². The Morgan fingerprint density at radius 2 is 2.11 bits per heavy atom. The van der Waals surface area contributed by atoms with E-state index in [0.717, 1.165) is 18.2 Å². The van der Waals surface area contributed by atoms with Crippen molar-refractivity contribution in [3.05, 3.63) is 29.3 Å². The van der Waals surface area contributed by atoms with Gasteiger partial charge in [-0.15, -0.1) is 0 Å². The van der Waals surface area contributed by atoms with Gasteiger partial charge in [-0.2, -0.15) is 0 Å². The van der Waals surface area contributed by atoms with Crippen molar-refractivity contribution in [3.8, 4) is 0 Å². The van der Waals surface area contributed by atoms with Crippen molar-refractivity contribution in [1.82, 2.24) is 4.90 Å². The summed E-state index contributed by atoms with van der Waals surface area (Å²) >= 11 is 0. The summed E-state index contributed by atoms with van der Waals surface area (Å²) in [5.74, 6) is -0.143. The fourth-order valence-electron chi connectivity index (χ4n) is 2.20. The van der Waals surface area contributed by atoms with Crippen LogP contribution in [0.2, 0.25) is 0 Å². The van der Waals surface area contributed by atoms with Crippen molar-refractivity contribution >= 4 is 15.7 Å². The van der Waals surface area contributed by atoms with Crippen LogP contribution in [0.5, 0.6) is 0 Å². The van der Waals surface area contributed by atoms with Crippen LogP contribution in [0.25, 0.3) is 0 Å². The first kappa shape index (κ1) is 14.0. The molecule has 1 aromatic rings. The summed E-state index contributed by atoms with van der Waals surface area (Å²) in [6.07, 6.45) is 1.92. The molecule has 2 N–H and O–H groups in total. The van der Waals surface area contributed by atoms with Crippen molar-refractivity contribution in [2.24, 2.45) is 5.73 Å². The zero-order valence-corrected chi connectivity index (χ0v) is 11.9. The van der Waals surface area contributed by atoms with E-state index < -0.39 is 9.84 Å². The molecule has 104 valence electrons. The lowest BCUT2D eigenvalue weighted by Crippen LogP contribution is -2.32. The van der Waals surface area contributed by atoms with Gasteiger partial charge in [0.25, 0.3) is 5.91 Å². The lowest BCUT2D eigenvalue weighted by Gasteiger charge is -2.17. The molecular weight excluding hydrogens is 264 g/mol.